The van der Waals surface area contributed by atoms with Crippen molar-refractivity contribution >= 4 is 22.8 Å². The number of carbonyl (C=O) groups excluding carboxylic acids is 2. The number of aryl methyl sites for hydroxylation is 1. The Morgan fingerprint density at radius 2 is 1.75 bits per heavy atom. The maximum atomic E-state index is 13.5. The second-order valence-corrected chi connectivity index (χ2v) is 5.32. The van der Waals surface area contributed by atoms with Gasteiger partial charge >= 0.3 is 5.91 Å². The zero-order valence-corrected chi connectivity index (χ0v) is 12.9. The highest BCUT2D eigenvalue weighted by Crippen LogP contribution is 2.24. The SMILES string of the molecule is Cc1c(C(=O)NNC(=O)Cc2ccccc2F)oc2ccccc12. The molecule has 0 unspecified atom stereocenters. The molecule has 2 amide bonds. The van der Waals surface area contributed by atoms with Gasteiger partial charge in [-0.3, -0.25) is 20.4 Å². The van der Waals surface area contributed by atoms with Crippen molar-refractivity contribution in [2.45, 2.75) is 13.3 Å². The monoisotopic (exact) mass is 326 g/mol. The normalized spacial score (nSPS) is 10.6. The molecule has 0 aliphatic rings. The topological polar surface area (TPSA) is 71.3 Å². The molecule has 0 atom stereocenters. The van der Waals surface area contributed by atoms with E-state index in [9.17, 15) is 14.0 Å². The zero-order valence-electron chi connectivity index (χ0n) is 12.9. The molecule has 3 rings (SSSR count). The molecule has 1 aromatic heterocycles. The fraction of sp³-hybridized carbons (Fsp3) is 0.111. The molecule has 1 heterocycles. The molecule has 0 fully saturated rings. The summed E-state index contributed by atoms with van der Waals surface area (Å²) in [6.07, 6.45) is -0.175. The van der Waals surface area contributed by atoms with Gasteiger partial charge in [0.1, 0.15) is 11.4 Å². The van der Waals surface area contributed by atoms with Crippen molar-refractivity contribution in [1.82, 2.24) is 10.9 Å². The van der Waals surface area contributed by atoms with Crippen molar-refractivity contribution in [3.63, 3.8) is 0 Å². The van der Waals surface area contributed by atoms with E-state index in [-0.39, 0.29) is 17.7 Å². The lowest BCUT2D eigenvalue weighted by atomic mass is 10.1. The lowest BCUT2D eigenvalue weighted by Gasteiger charge is -2.07. The third kappa shape index (κ3) is 3.12. The molecule has 24 heavy (non-hydrogen) atoms. The number of rotatable bonds is 3. The predicted molar refractivity (Wildman–Crippen MR) is 86.7 cm³/mol. The van der Waals surface area contributed by atoms with Crippen LogP contribution in [0.1, 0.15) is 21.7 Å². The number of hydrogen-bond acceptors (Lipinski definition) is 3. The van der Waals surface area contributed by atoms with Crippen molar-refractivity contribution in [3.05, 3.63) is 71.2 Å². The minimum atomic E-state index is -0.564. The summed E-state index contributed by atoms with van der Waals surface area (Å²) in [7, 11) is 0. The molecule has 0 saturated heterocycles. The van der Waals surface area contributed by atoms with Crippen LogP contribution >= 0.6 is 0 Å². The van der Waals surface area contributed by atoms with Gasteiger partial charge in [0.05, 0.1) is 6.42 Å². The van der Waals surface area contributed by atoms with E-state index in [0.717, 1.165) is 5.39 Å². The van der Waals surface area contributed by atoms with Gasteiger partial charge in [-0.1, -0.05) is 36.4 Å². The lowest BCUT2D eigenvalue weighted by molar-refractivity contribution is -0.121. The molecular weight excluding hydrogens is 311 g/mol. The predicted octanol–water partition coefficient (Wildman–Crippen LogP) is 2.88. The molecule has 0 aliphatic carbocycles. The fourth-order valence-electron chi connectivity index (χ4n) is 2.43. The van der Waals surface area contributed by atoms with Crippen LogP contribution < -0.4 is 10.9 Å². The third-order valence-electron chi connectivity index (χ3n) is 3.67. The Hall–Kier alpha value is -3.15. The first-order valence-electron chi connectivity index (χ1n) is 7.37. The van der Waals surface area contributed by atoms with Gasteiger partial charge < -0.3 is 4.42 Å². The van der Waals surface area contributed by atoms with Crippen LogP contribution in [0, 0.1) is 12.7 Å². The van der Waals surface area contributed by atoms with Crippen molar-refractivity contribution in [2.75, 3.05) is 0 Å². The highest BCUT2D eigenvalue weighted by Gasteiger charge is 2.18. The van der Waals surface area contributed by atoms with Crippen LogP contribution in [0.3, 0.4) is 0 Å². The number of furan rings is 1. The van der Waals surface area contributed by atoms with Crippen LogP contribution in [-0.2, 0) is 11.2 Å². The number of halogens is 1. The summed E-state index contributed by atoms with van der Waals surface area (Å²) < 4.78 is 19.0. The molecule has 0 radical (unpaired) electrons. The smallest absolute Gasteiger partial charge is 0.305 e. The molecule has 5 nitrogen and oxygen atoms in total. The lowest BCUT2D eigenvalue weighted by Crippen LogP contribution is -2.42. The summed E-state index contributed by atoms with van der Waals surface area (Å²) >= 11 is 0. The minimum Gasteiger partial charge on any atom is -0.451 e. The number of amides is 2. The van der Waals surface area contributed by atoms with Crippen LogP contribution in [0.15, 0.2) is 52.9 Å². The Kier molecular flexibility index (Phi) is 4.29. The highest BCUT2D eigenvalue weighted by molar-refractivity contribution is 5.99. The van der Waals surface area contributed by atoms with Gasteiger partial charge in [0, 0.05) is 10.9 Å². The summed E-state index contributed by atoms with van der Waals surface area (Å²) in [5.74, 6) is -1.43. The van der Waals surface area contributed by atoms with Gasteiger partial charge in [0.2, 0.25) is 5.91 Å². The number of fused-ring (bicyclic) bond motifs is 1. The molecular formula is C18H15FN2O3. The Labute approximate surface area is 137 Å². The van der Waals surface area contributed by atoms with E-state index in [1.165, 1.54) is 12.1 Å². The second-order valence-electron chi connectivity index (χ2n) is 5.32. The molecule has 0 saturated carbocycles. The van der Waals surface area contributed by atoms with E-state index < -0.39 is 17.6 Å². The van der Waals surface area contributed by atoms with E-state index in [1.807, 2.05) is 18.2 Å². The largest absolute Gasteiger partial charge is 0.451 e. The number of nitrogens with one attached hydrogen (secondary N) is 2. The standard InChI is InChI=1S/C18H15FN2O3/c1-11-13-7-3-5-9-15(13)24-17(11)18(23)21-20-16(22)10-12-6-2-4-8-14(12)19/h2-9H,10H2,1H3,(H,20,22)(H,21,23). The van der Waals surface area contributed by atoms with E-state index in [2.05, 4.69) is 10.9 Å². The van der Waals surface area contributed by atoms with Crippen molar-refractivity contribution < 1.29 is 18.4 Å². The quantitative estimate of drug-likeness (QED) is 0.727. The summed E-state index contributed by atoms with van der Waals surface area (Å²) in [6, 6.07) is 13.2. The van der Waals surface area contributed by atoms with Gasteiger partial charge in [-0.15, -0.1) is 0 Å². The molecule has 6 heteroatoms. The van der Waals surface area contributed by atoms with Gasteiger partial charge in [-0.25, -0.2) is 4.39 Å². The number of hydrogen-bond donors (Lipinski definition) is 2. The Bertz CT molecular complexity index is 918. The first-order chi connectivity index (χ1) is 11.6. The van der Waals surface area contributed by atoms with Gasteiger partial charge in [0.25, 0.3) is 0 Å². The van der Waals surface area contributed by atoms with Crippen LogP contribution in [0.25, 0.3) is 11.0 Å². The van der Waals surface area contributed by atoms with Gasteiger partial charge in [-0.05, 0) is 24.6 Å². The van der Waals surface area contributed by atoms with Gasteiger partial charge in [-0.2, -0.15) is 0 Å². The Morgan fingerprint density at radius 1 is 1.04 bits per heavy atom. The van der Waals surface area contributed by atoms with Crippen LogP contribution in [0.2, 0.25) is 0 Å². The average molecular weight is 326 g/mol. The summed E-state index contributed by atoms with van der Waals surface area (Å²) in [4.78, 5) is 24.0. The third-order valence-corrected chi connectivity index (χ3v) is 3.67. The molecule has 3 aromatic rings. The summed E-state index contributed by atoms with van der Waals surface area (Å²) in [5.41, 5.74) is 6.08. The van der Waals surface area contributed by atoms with E-state index in [0.29, 0.717) is 11.1 Å². The maximum Gasteiger partial charge on any atom is 0.305 e. The Morgan fingerprint density at radius 3 is 2.50 bits per heavy atom. The zero-order chi connectivity index (χ0) is 17.1. The fourth-order valence-corrected chi connectivity index (χ4v) is 2.43. The van der Waals surface area contributed by atoms with Crippen molar-refractivity contribution in [1.29, 1.82) is 0 Å². The average Bonchev–Trinajstić information content (AvgIpc) is 2.92. The van der Waals surface area contributed by atoms with Gasteiger partial charge in [0.15, 0.2) is 5.76 Å². The molecule has 122 valence electrons. The number of para-hydroxylation sites is 1. The van der Waals surface area contributed by atoms with Crippen molar-refractivity contribution in [2.24, 2.45) is 0 Å². The van der Waals surface area contributed by atoms with E-state index in [4.69, 9.17) is 4.42 Å². The second kappa shape index (κ2) is 6.54. The summed E-state index contributed by atoms with van der Waals surface area (Å²) in [5, 5.41) is 0.834. The molecule has 0 aliphatic heterocycles. The number of hydrazine groups is 1. The van der Waals surface area contributed by atoms with Crippen molar-refractivity contribution in [3.8, 4) is 0 Å². The molecule has 2 N–H and O–H groups in total. The molecule has 0 spiro atoms. The van der Waals surface area contributed by atoms with Crippen LogP contribution in [0.4, 0.5) is 4.39 Å². The summed E-state index contributed by atoms with van der Waals surface area (Å²) in [6.45, 7) is 1.77. The van der Waals surface area contributed by atoms with Crippen LogP contribution in [-0.4, -0.2) is 11.8 Å². The van der Waals surface area contributed by atoms with E-state index >= 15 is 0 Å². The molecule has 2 aromatic carbocycles. The highest BCUT2D eigenvalue weighted by atomic mass is 19.1. The Balaban J connectivity index is 1.65. The number of benzene rings is 2. The minimum absolute atomic E-state index is 0.127. The number of carbonyl (C=O) groups is 2. The van der Waals surface area contributed by atoms with E-state index in [1.54, 1.807) is 25.1 Å². The first kappa shape index (κ1) is 15.7. The van der Waals surface area contributed by atoms with Crippen LogP contribution in [0.5, 0.6) is 0 Å². The maximum absolute atomic E-state index is 13.5. The molecule has 0 bridgehead atoms. The first-order valence-corrected chi connectivity index (χ1v) is 7.37.